The van der Waals surface area contributed by atoms with E-state index in [1.165, 1.54) is 27.8 Å². The van der Waals surface area contributed by atoms with Crippen molar-refractivity contribution in [3.05, 3.63) is 51.4 Å². The van der Waals surface area contributed by atoms with Crippen LogP contribution in [0.4, 0.5) is 0 Å². The molecule has 1 atom stereocenters. The highest BCUT2D eigenvalue weighted by Gasteiger charge is 2.22. The molecule has 0 N–H and O–H groups in total. The predicted molar refractivity (Wildman–Crippen MR) is 105 cm³/mol. The first-order chi connectivity index (χ1) is 12.3. The molecular formula is C20H22N2O3S. The van der Waals surface area contributed by atoms with Crippen LogP contribution < -0.4 is 5.56 Å². The van der Waals surface area contributed by atoms with E-state index >= 15 is 0 Å². The van der Waals surface area contributed by atoms with Gasteiger partial charge in [-0.15, -0.1) is 11.3 Å². The van der Waals surface area contributed by atoms with Crippen LogP contribution >= 0.6 is 11.3 Å². The van der Waals surface area contributed by atoms with Gasteiger partial charge in [0.25, 0.3) is 5.56 Å². The lowest BCUT2D eigenvalue weighted by Crippen LogP contribution is -2.30. The van der Waals surface area contributed by atoms with E-state index in [0.717, 1.165) is 16.7 Å². The quantitative estimate of drug-likeness (QED) is 0.644. The number of aromatic nitrogens is 2. The average molecular weight is 370 g/mol. The number of ether oxygens (including phenoxy) is 1. The third kappa shape index (κ3) is 3.29. The summed E-state index contributed by atoms with van der Waals surface area (Å²) in [5, 5.41) is 2.51. The van der Waals surface area contributed by atoms with E-state index in [1.807, 2.05) is 31.4 Å². The normalized spacial score (nSPS) is 12.5. The standard InChI is InChI=1S/C20H22N2O3S/c1-11(2)25-20(24)14(5)22-10-21-18-17(19(22)23)16(9-26-18)15-7-6-12(3)8-13(15)4/h6-11,14H,1-5H3/t14-/m1/s1. The molecule has 0 spiro atoms. The molecule has 0 aliphatic heterocycles. The molecule has 3 rings (SSSR count). The zero-order chi connectivity index (χ0) is 19.0. The second-order valence-electron chi connectivity index (χ2n) is 6.77. The van der Waals surface area contributed by atoms with Gasteiger partial charge in [0.1, 0.15) is 10.9 Å². The molecule has 136 valence electrons. The molecule has 1 aromatic carbocycles. The zero-order valence-electron chi connectivity index (χ0n) is 15.6. The number of hydrogen-bond acceptors (Lipinski definition) is 5. The topological polar surface area (TPSA) is 61.2 Å². The minimum Gasteiger partial charge on any atom is -0.461 e. The molecule has 26 heavy (non-hydrogen) atoms. The first kappa shape index (κ1) is 18.3. The van der Waals surface area contributed by atoms with Crippen molar-refractivity contribution < 1.29 is 9.53 Å². The fourth-order valence-electron chi connectivity index (χ4n) is 2.98. The van der Waals surface area contributed by atoms with Crippen LogP contribution in [0.25, 0.3) is 21.3 Å². The van der Waals surface area contributed by atoms with Gasteiger partial charge in [0, 0.05) is 10.9 Å². The van der Waals surface area contributed by atoms with E-state index in [4.69, 9.17) is 4.74 Å². The molecule has 0 radical (unpaired) electrons. The molecule has 0 saturated carbocycles. The maximum absolute atomic E-state index is 13.1. The van der Waals surface area contributed by atoms with Gasteiger partial charge < -0.3 is 4.74 Å². The fraction of sp³-hybridized carbons (Fsp3) is 0.350. The Bertz CT molecular complexity index is 1030. The van der Waals surface area contributed by atoms with Crippen LogP contribution in [0, 0.1) is 13.8 Å². The van der Waals surface area contributed by atoms with Crippen LogP contribution in [0.3, 0.4) is 0 Å². The highest BCUT2D eigenvalue weighted by Crippen LogP contribution is 2.33. The summed E-state index contributed by atoms with van der Waals surface area (Å²) in [5.41, 5.74) is 3.92. The predicted octanol–water partition coefficient (Wildman–Crippen LogP) is 4.25. The number of rotatable bonds is 4. The summed E-state index contributed by atoms with van der Waals surface area (Å²) in [6, 6.07) is 5.42. The Balaban J connectivity index is 2.14. The monoisotopic (exact) mass is 370 g/mol. The van der Waals surface area contributed by atoms with Crippen molar-refractivity contribution >= 4 is 27.5 Å². The minimum atomic E-state index is -0.728. The van der Waals surface area contributed by atoms with Crippen LogP contribution in [-0.2, 0) is 9.53 Å². The SMILES string of the molecule is Cc1ccc(-c2csc3ncn([C@H](C)C(=O)OC(C)C)c(=O)c23)c(C)c1. The number of carbonyl (C=O) groups excluding carboxylic acids is 1. The first-order valence-corrected chi connectivity index (χ1v) is 9.44. The molecule has 2 heterocycles. The Morgan fingerprint density at radius 3 is 2.58 bits per heavy atom. The third-order valence-electron chi connectivity index (χ3n) is 4.30. The number of esters is 1. The molecule has 0 aliphatic carbocycles. The molecule has 3 aromatic rings. The molecule has 5 nitrogen and oxygen atoms in total. The van der Waals surface area contributed by atoms with Crippen LogP contribution in [0.1, 0.15) is 37.9 Å². The van der Waals surface area contributed by atoms with Crippen molar-refractivity contribution in [1.82, 2.24) is 9.55 Å². The summed E-state index contributed by atoms with van der Waals surface area (Å²) >= 11 is 1.43. The van der Waals surface area contributed by atoms with Gasteiger partial charge >= 0.3 is 5.97 Å². The fourth-order valence-corrected chi connectivity index (χ4v) is 3.88. The molecule has 0 unspecified atom stereocenters. The maximum atomic E-state index is 13.1. The van der Waals surface area contributed by atoms with Gasteiger partial charge in [-0.2, -0.15) is 0 Å². The Morgan fingerprint density at radius 2 is 1.92 bits per heavy atom. The first-order valence-electron chi connectivity index (χ1n) is 8.56. The molecule has 0 saturated heterocycles. The highest BCUT2D eigenvalue weighted by molar-refractivity contribution is 7.17. The smallest absolute Gasteiger partial charge is 0.329 e. The Kier molecular flexibility index (Phi) is 4.96. The number of benzene rings is 1. The zero-order valence-corrected chi connectivity index (χ0v) is 16.4. The van der Waals surface area contributed by atoms with E-state index in [9.17, 15) is 9.59 Å². The van der Waals surface area contributed by atoms with Gasteiger partial charge in [0.2, 0.25) is 0 Å². The van der Waals surface area contributed by atoms with Crippen molar-refractivity contribution in [3.8, 4) is 11.1 Å². The lowest BCUT2D eigenvalue weighted by molar-refractivity contribution is -0.151. The summed E-state index contributed by atoms with van der Waals surface area (Å²) in [6.45, 7) is 9.29. The summed E-state index contributed by atoms with van der Waals surface area (Å²) in [5.74, 6) is -0.438. The lowest BCUT2D eigenvalue weighted by Gasteiger charge is -2.16. The number of thiophene rings is 1. The van der Waals surface area contributed by atoms with E-state index < -0.39 is 12.0 Å². The van der Waals surface area contributed by atoms with E-state index in [-0.39, 0.29) is 11.7 Å². The van der Waals surface area contributed by atoms with Crippen LogP contribution in [0.5, 0.6) is 0 Å². The minimum absolute atomic E-state index is 0.223. The van der Waals surface area contributed by atoms with E-state index in [1.54, 1.807) is 20.8 Å². The number of aryl methyl sites for hydroxylation is 2. The van der Waals surface area contributed by atoms with Crippen LogP contribution in [0.15, 0.2) is 34.7 Å². The second kappa shape index (κ2) is 7.03. The van der Waals surface area contributed by atoms with Gasteiger partial charge in [0.15, 0.2) is 0 Å². The van der Waals surface area contributed by atoms with Crippen LogP contribution in [-0.4, -0.2) is 21.6 Å². The second-order valence-corrected chi connectivity index (χ2v) is 7.62. The van der Waals surface area contributed by atoms with Crippen molar-refractivity contribution in [2.24, 2.45) is 0 Å². The van der Waals surface area contributed by atoms with Gasteiger partial charge in [-0.05, 0) is 45.7 Å². The lowest BCUT2D eigenvalue weighted by atomic mass is 9.99. The van der Waals surface area contributed by atoms with Gasteiger partial charge in [-0.25, -0.2) is 9.78 Å². The van der Waals surface area contributed by atoms with E-state index in [0.29, 0.717) is 10.2 Å². The summed E-state index contributed by atoms with van der Waals surface area (Å²) in [4.78, 5) is 30.4. The molecule has 0 aliphatic rings. The van der Waals surface area contributed by atoms with Crippen molar-refractivity contribution in [3.63, 3.8) is 0 Å². The van der Waals surface area contributed by atoms with Gasteiger partial charge in [-0.1, -0.05) is 23.8 Å². The molecule has 0 fully saturated rings. The largest absolute Gasteiger partial charge is 0.461 e. The summed E-state index contributed by atoms with van der Waals surface area (Å²) in [7, 11) is 0. The number of carbonyl (C=O) groups is 1. The van der Waals surface area contributed by atoms with Crippen molar-refractivity contribution in [1.29, 1.82) is 0 Å². The van der Waals surface area contributed by atoms with Crippen LogP contribution in [0.2, 0.25) is 0 Å². The Hall–Kier alpha value is -2.47. The Morgan fingerprint density at radius 1 is 1.19 bits per heavy atom. The van der Waals surface area contributed by atoms with Crippen molar-refractivity contribution in [2.75, 3.05) is 0 Å². The summed E-state index contributed by atoms with van der Waals surface area (Å²) in [6.07, 6.45) is 1.20. The Labute approximate surface area is 156 Å². The molecule has 0 amide bonds. The maximum Gasteiger partial charge on any atom is 0.329 e. The number of hydrogen-bond donors (Lipinski definition) is 0. The highest BCUT2D eigenvalue weighted by atomic mass is 32.1. The molecule has 2 aromatic heterocycles. The van der Waals surface area contributed by atoms with Crippen molar-refractivity contribution in [2.45, 2.75) is 46.8 Å². The van der Waals surface area contributed by atoms with E-state index in [2.05, 4.69) is 11.1 Å². The average Bonchev–Trinajstić information content (AvgIpc) is 2.98. The number of fused-ring (bicyclic) bond motifs is 1. The summed E-state index contributed by atoms with van der Waals surface area (Å²) < 4.78 is 6.59. The van der Waals surface area contributed by atoms with Gasteiger partial charge in [-0.3, -0.25) is 9.36 Å². The molecular weight excluding hydrogens is 348 g/mol. The third-order valence-corrected chi connectivity index (χ3v) is 5.19. The molecule has 6 heteroatoms. The molecule has 0 bridgehead atoms. The number of nitrogens with zero attached hydrogens (tertiary/aromatic N) is 2. The van der Waals surface area contributed by atoms with Gasteiger partial charge in [0.05, 0.1) is 17.8 Å².